The molecule has 0 N–H and O–H groups in total. The van der Waals surface area contributed by atoms with E-state index in [9.17, 15) is 0 Å². The fourth-order valence-corrected chi connectivity index (χ4v) is 1.27. The van der Waals surface area contributed by atoms with E-state index in [0.29, 0.717) is 0 Å². The molecule has 1 aliphatic carbocycles. The number of allylic oxidation sites excluding steroid dienone is 8. The van der Waals surface area contributed by atoms with Crippen LogP contribution in [0.5, 0.6) is 0 Å². The first-order valence-corrected chi connectivity index (χ1v) is 5.13. The van der Waals surface area contributed by atoms with Crippen LogP contribution in [-0.4, -0.2) is 0 Å². The zero-order valence-electron chi connectivity index (χ0n) is 8.15. The van der Waals surface area contributed by atoms with Gasteiger partial charge >= 0.3 is 0 Å². The largest absolute Gasteiger partial charge is 0.0845 e. The first-order chi connectivity index (χ1) is 6.50. The molecule has 0 saturated heterocycles. The second-order valence-electron chi connectivity index (χ2n) is 3.23. The summed E-state index contributed by atoms with van der Waals surface area (Å²) in [4.78, 5) is 0. The van der Waals surface area contributed by atoms with Crippen LogP contribution in [0, 0.1) is 0 Å². The van der Waals surface area contributed by atoms with Crippen molar-refractivity contribution in [1.82, 2.24) is 0 Å². The van der Waals surface area contributed by atoms with Crippen LogP contribution in [0.2, 0.25) is 0 Å². The highest BCUT2D eigenvalue weighted by Crippen LogP contribution is 2.02. The third kappa shape index (κ3) is 6.15. The van der Waals surface area contributed by atoms with Crippen molar-refractivity contribution in [3.05, 3.63) is 48.6 Å². The molecule has 0 saturated carbocycles. The number of hydrogen-bond donors (Lipinski definition) is 0. The molecule has 0 heteroatoms. The van der Waals surface area contributed by atoms with Crippen LogP contribution in [0.3, 0.4) is 0 Å². The van der Waals surface area contributed by atoms with Crippen molar-refractivity contribution in [2.24, 2.45) is 0 Å². The first kappa shape index (κ1) is 10.0. The summed E-state index contributed by atoms with van der Waals surface area (Å²) in [5.41, 5.74) is 0. The highest BCUT2D eigenvalue weighted by Gasteiger charge is 1.82. The molecular weight excluding hydrogens is 156 g/mol. The maximum atomic E-state index is 2.25. The average Bonchev–Trinajstić information content (AvgIpc) is 2.18. The van der Waals surface area contributed by atoms with E-state index in [0.717, 1.165) is 6.42 Å². The van der Waals surface area contributed by atoms with Crippen molar-refractivity contribution in [2.45, 2.75) is 32.1 Å². The van der Waals surface area contributed by atoms with Crippen LogP contribution < -0.4 is 0 Å². The Kier molecular flexibility index (Phi) is 5.87. The molecule has 0 aromatic rings. The van der Waals surface area contributed by atoms with Gasteiger partial charge in [0.05, 0.1) is 0 Å². The van der Waals surface area contributed by atoms with E-state index in [1.54, 1.807) is 0 Å². The van der Waals surface area contributed by atoms with Gasteiger partial charge in [0, 0.05) is 0 Å². The van der Waals surface area contributed by atoms with Gasteiger partial charge in [0.1, 0.15) is 0 Å². The van der Waals surface area contributed by atoms with Gasteiger partial charge < -0.3 is 0 Å². The van der Waals surface area contributed by atoms with Gasteiger partial charge in [0.15, 0.2) is 0 Å². The minimum atomic E-state index is 1.04. The van der Waals surface area contributed by atoms with Crippen molar-refractivity contribution < 1.29 is 0 Å². The van der Waals surface area contributed by atoms with Gasteiger partial charge in [-0.2, -0.15) is 0 Å². The van der Waals surface area contributed by atoms with E-state index >= 15 is 0 Å². The van der Waals surface area contributed by atoms with Gasteiger partial charge in [-0.1, -0.05) is 48.6 Å². The van der Waals surface area contributed by atoms with E-state index in [2.05, 4.69) is 48.6 Å². The Hall–Kier alpha value is -1.04. The maximum Gasteiger partial charge on any atom is -0.0163 e. The molecule has 70 valence electrons. The molecule has 0 fully saturated rings. The molecular formula is C13H18. The fourth-order valence-electron chi connectivity index (χ4n) is 1.27. The summed E-state index contributed by atoms with van der Waals surface area (Å²) < 4.78 is 0. The summed E-state index contributed by atoms with van der Waals surface area (Å²) >= 11 is 0. The zero-order chi connectivity index (χ0) is 9.19. The smallest absolute Gasteiger partial charge is 0.0163 e. The molecule has 0 bridgehead atoms. The van der Waals surface area contributed by atoms with E-state index in [1.165, 1.54) is 25.7 Å². The van der Waals surface area contributed by atoms with E-state index in [1.807, 2.05) is 0 Å². The van der Waals surface area contributed by atoms with Crippen LogP contribution in [0.1, 0.15) is 32.1 Å². The summed E-state index contributed by atoms with van der Waals surface area (Å²) in [6, 6.07) is 0. The zero-order valence-corrected chi connectivity index (χ0v) is 8.15. The molecule has 0 radical (unpaired) electrons. The Balaban J connectivity index is 2.38. The Bertz CT molecular complexity index is 192. The Morgan fingerprint density at radius 2 is 1.00 bits per heavy atom. The van der Waals surface area contributed by atoms with Crippen LogP contribution >= 0.6 is 0 Å². The summed E-state index contributed by atoms with van der Waals surface area (Å²) in [5, 5.41) is 0. The maximum absolute atomic E-state index is 2.25. The third-order valence-electron chi connectivity index (χ3n) is 2.03. The summed E-state index contributed by atoms with van der Waals surface area (Å²) in [6.45, 7) is 0. The Labute approximate surface area is 81.4 Å². The molecule has 0 unspecified atom stereocenters. The number of rotatable bonds is 0. The predicted octanol–water partition coefficient (Wildman–Crippen LogP) is 4.18. The molecule has 0 spiro atoms. The topological polar surface area (TPSA) is 0 Å². The van der Waals surface area contributed by atoms with Crippen molar-refractivity contribution in [3.8, 4) is 0 Å². The minimum Gasteiger partial charge on any atom is -0.0845 e. The van der Waals surface area contributed by atoms with Crippen molar-refractivity contribution in [3.63, 3.8) is 0 Å². The summed E-state index contributed by atoms with van der Waals surface area (Å²) in [6.07, 6.45) is 23.5. The lowest BCUT2D eigenvalue weighted by atomic mass is 10.2. The molecule has 0 aromatic carbocycles. The first-order valence-electron chi connectivity index (χ1n) is 5.13. The molecule has 0 aliphatic heterocycles. The van der Waals surface area contributed by atoms with Crippen LogP contribution in [0.25, 0.3) is 0 Å². The molecule has 13 heavy (non-hydrogen) atoms. The standard InChI is InChI=1S/C13H18/c1-2-4-6-8-10-12-13-11-9-7-5-3-1/h1-4,7,9,11,13H,5-6,8,10,12H2/b3-1-,4-2-,9-7-,13-11-. The van der Waals surface area contributed by atoms with Gasteiger partial charge in [0.2, 0.25) is 0 Å². The van der Waals surface area contributed by atoms with E-state index in [-0.39, 0.29) is 0 Å². The summed E-state index contributed by atoms with van der Waals surface area (Å²) in [7, 11) is 0. The monoisotopic (exact) mass is 174 g/mol. The molecule has 1 rings (SSSR count). The van der Waals surface area contributed by atoms with Gasteiger partial charge in [-0.15, -0.1) is 0 Å². The quantitative estimate of drug-likeness (QED) is 0.517. The highest BCUT2D eigenvalue weighted by molar-refractivity contribution is 5.08. The normalized spacial score (nSPS) is 28.9. The summed E-state index contributed by atoms with van der Waals surface area (Å²) in [5.74, 6) is 0. The van der Waals surface area contributed by atoms with E-state index in [4.69, 9.17) is 0 Å². The van der Waals surface area contributed by atoms with Crippen molar-refractivity contribution in [1.29, 1.82) is 0 Å². The minimum absolute atomic E-state index is 1.04. The van der Waals surface area contributed by atoms with Crippen molar-refractivity contribution >= 4 is 0 Å². The van der Waals surface area contributed by atoms with Crippen LogP contribution in [0.15, 0.2) is 48.6 Å². The predicted molar refractivity (Wildman–Crippen MR) is 59.6 cm³/mol. The molecule has 0 aromatic heterocycles. The highest BCUT2D eigenvalue weighted by atomic mass is 13.9. The molecule has 0 amide bonds. The Morgan fingerprint density at radius 1 is 0.538 bits per heavy atom. The van der Waals surface area contributed by atoms with Gasteiger partial charge in [0.25, 0.3) is 0 Å². The number of hydrogen-bond acceptors (Lipinski definition) is 0. The average molecular weight is 174 g/mol. The molecule has 1 aliphatic rings. The lowest BCUT2D eigenvalue weighted by molar-refractivity contribution is 0.762. The third-order valence-corrected chi connectivity index (χ3v) is 2.03. The van der Waals surface area contributed by atoms with Gasteiger partial charge in [-0.05, 0) is 32.1 Å². The lowest BCUT2D eigenvalue weighted by Crippen LogP contribution is -1.71. The molecule has 0 heterocycles. The second-order valence-corrected chi connectivity index (χ2v) is 3.23. The van der Waals surface area contributed by atoms with Gasteiger partial charge in [-0.3, -0.25) is 0 Å². The van der Waals surface area contributed by atoms with Crippen molar-refractivity contribution in [2.75, 3.05) is 0 Å². The fraction of sp³-hybridized carbons (Fsp3) is 0.385. The lowest BCUT2D eigenvalue weighted by Gasteiger charge is -1.91. The molecule has 0 atom stereocenters. The van der Waals surface area contributed by atoms with Gasteiger partial charge in [-0.25, -0.2) is 0 Å². The van der Waals surface area contributed by atoms with Crippen LogP contribution in [0.4, 0.5) is 0 Å². The van der Waals surface area contributed by atoms with Crippen LogP contribution in [-0.2, 0) is 0 Å². The van der Waals surface area contributed by atoms with E-state index < -0.39 is 0 Å². The Morgan fingerprint density at radius 3 is 1.54 bits per heavy atom. The SMILES string of the molecule is C1=C\C/C=C\C=C/CCCC\C=C/1. The molecule has 0 nitrogen and oxygen atoms in total. The second kappa shape index (κ2) is 7.60.